The molecule has 2 aromatic rings. The Hall–Kier alpha value is -1.03. The van der Waals surface area contributed by atoms with Gasteiger partial charge in [0.1, 0.15) is 5.69 Å². The Morgan fingerprint density at radius 2 is 2.38 bits per heavy atom. The van der Waals surface area contributed by atoms with Crippen LogP contribution in [0, 0.1) is 0 Å². The Balaban J connectivity index is 0.00000128. The fourth-order valence-electron chi connectivity index (χ4n) is 1.34. The second kappa shape index (κ2) is 5.34. The number of carbonyl (C=O) groups excluding carboxylic acids is 1. The topological polar surface area (TPSA) is 55.0 Å². The third-order valence-corrected chi connectivity index (χ3v) is 2.28. The predicted octanol–water partition coefficient (Wildman–Crippen LogP) is 2.39. The molecule has 1 N–H and O–H groups in total. The van der Waals surface area contributed by atoms with Crippen LogP contribution in [0.1, 0.15) is 17.4 Å². The summed E-state index contributed by atoms with van der Waals surface area (Å²) < 4.78 is 4.86. The van der Waals surface area contributed by atoms with Gasteiger partial charge in [-0.15, -0.1) is 0 Å². The maximum atomic E-state index is 11.4. The second-order valence-electron chi connectivity index (χ2n) is 2.97. The minimum atomic E-state index is -0.384. The number of ether oxygens (including phenoxy) is 1. The monoisotopic (exact) mass is 280 g/mol. The summed E-state index contributed by atoms with van der Waals surface area (Å²) in [5.74, 6) is -0.384. The third-order valence-electron chi connectivity index (χ3n) is 1.99. The molecule has 4 nitrogen and oxygen atoms in total. The standard InChI is InChI=1S/C10H9ClN2O2.Fe/c1-2-15-10(14)7-5-6-3-4-12-9(11)8(6)13-7;/h3-5,13H,2H2,1H3;. The molecule has 0 bridgehead atoms. The van der Waals surface area contributed by atoms with Crippen LogP contribution in [0.2, 0.25) is 5.15 Å². The van der Waals surface area contributed by atoms with E-state index in [-0.39, 0.29) is 23.0 Å². The van der Waals surface area contributed by atoms with E-state index in [9.17, 15) is 4.79 Å². The molecule has 0 radical (unpaired) electrons. The first-order valence-corrected chi connectivity index (χ1v) is 4.90. The molecule has 0 amide bonds. The Morgan fingerprint density at radius 3 is 3.00 bits per heavy atom. The minimum Gasteiger partial charge on any atom is -0.461 e. The van der Waals surface area contributed by atoms with Gasteiger partial charge in [-0.2, -0.15) is 0 Å². The molecule has 0 aromatic carbocycles. The van der Waals surface area contributed by atoms with Crippen LogP contribution in [-0.4, -0.2) is 22.5 Å². The van der Waals surface area contributed by atoms with Crippen molar-refractivity contribution in [3.8, 4) is 0 Å². The smallest absolute Gasteiger partial charge is 0.354 e. The maximum Gasteiger partial charge on any atom is 0.354 e. The van der Waals surface area contributed by atoms with Crippen LogP contribution in [0.3, 0.4) is 0 Å². The summed E-state index contributed by atoms with van der Waals surface area (Å²) in [5, 5.41) is 1.20. The van der Waals surface area contributed by atoms with Crippen molar-refractivity contribution in [2.75, 3.05) is 6.61 Å². The number of halogens is 1. The van der Waals surface area contributed by atoms with Crippen LogP contribution in [-0.2, 0) is 21.8 Å². The van der Waals surface area contributed by atoms with Crippen LogP contribution in [0.15, 0.2) is 18.3 Å². The molecule has 2 aromatic heterocycles. The molecule has 2 heterocycles. The number of H-pyrrole nitrogens is 1. The van der Waals surface area contributed by atoms with E-state index in [2.05, 4.69) is 9.97 Å². The molecule has 0 atom stereocenters. The van der Waals surface area contributed by atoms with Gasteiger partial charge >= 0.3 is 5.97 Å². The number of pyridine rings is 1. The van der Waals surface area contributed by atoms with Gasteiger partial charge in [0.15, 0.2) is 5.15 Å². The minimum absolute atomic E-state index is 0. The van der Waals surface area contributed by atoms with Crippen molar-refractivity contribution >= 4 is 28.5 Å². The summed E-state index contributed by atoms with van der Waals surface area (Å²) in [6.45, 7) is 2.11. The van der Waals surface area contributed by atoms with Gasteiger partial charge in [-0.1, -0.05) is 11.6 Å². The van der Waals surface area contributed by atoms with Crippen LogP contribution in [0.25, 0.3) is 10.9 Å². The van der Waals surface area contributed by atoms with E-state index in [1.54, 1.807) is 25.3 Å². The van der Waals surface area contributed by atoms with Crippen LogP contribution in [0.5, 0.6) is 0 Å². The zero-order chi connectivity index (χ0) is 10.8. The van der Waals surface area contributed by atoms with E-state index < -0.39 is 0 Å². The van der Waals surface area contributed by atoms with Gasteiger partial charge in [0, 0.05) is 28.7 Å². The number of aromatic nitrogens is 2. The van der Waals surface area contributed by atoms with Crippen molar-refractivity contribution in [2.24, 2.45) is 0 Å². The molecule has 0 saturated heterocycles. The summed E-state index contributed by atoms with van der Waals surface area (Å²) in [4.78, 5) is 18.2. The average Bonchev–Trinajstić information content (AvgIpc) is 2.63. The Kier molecular flexibility index (Phi) is 4.35. The normalized spacial score (nSPS) is 9.88. The number of carbonyl (C=O) groups is 1. The summed E-state index contributed by atoms with van der Waals surface area (Å²) >= 11 is 5.86. The van der Waals surface area contributed by atoms with Gasteiger partial charge in [0.05, 0.1) is 12.1 Å². The number of hydrogen-bond donors (Lipinski definition) is 1. The zero-order valence-corrected chi connectivity index (χ0v) is 10.3. The molecule has 16 heavy (non-hydrogen) atoms. The number of aromatic amines is 1. The van der Waals surface area contributed by atoms with E-state index in [1.807, 2.05) is 0 Å². The van der Waals surface area contributed by atoms with E-state index in [1.165, 1.54) is 0 Å². The molecule has 0 aliphatic heterocycles. The van der Waals surface area contributed by atoms with Crippen molar-refractivity contribution in [2.45, 2.75) is 6.92 Å². The van der Waals surface area contributed by atoms with Crippen molar-refractivity contribution in [1.29, 1.82) is 0 Å². The molecule has 0 aliphatic carbocycles. The SMILES string of the molecule is CCOC(=O)c1cc2ccnc(Cl)c2[nH]1.[Fe]. The summed E-state index contributed by atoms with van der Waals surface area (Å²) in [5.41, 5.74) is 1.05. The van der Waals surface area contributed by atoms with Crippen molar-refractivity contribution in [1.82, 2.24) is 9.97 Å². The fraction of sp³-hybridized carbons (Fsp3) is 0.200. The maximum absolute atomic E-state index is 11.4. The second-order valence-corrected chi connectivity index (χ2v) is 3.33. The summed E-state index contributed by atoms with van der Waals surface area (Å²) in [7, 11) is 0. The average molecular weight is 280 g/mol. The van der Waals surface area contributed by atoms with Gasteiger partial charge in [0.25, 0.3) is 0 Å². The Labute approximate surface area is 108 Å². The molecule has 0 saturated carbocycles. The Morgan fingerprint density at radius 1 is 1.62 bits per heavy atom. The van der Waals surface area contributed by atoms with E-state index in [0.717, 1.165) is 5.39 Å². The third kappa shape index (κ3) is 2.38. The van der Waals surface area contributed by atoms with Gasteiger partial charge in [-0.05, 0) is 19.1 Å². The number of hydrogen-bond acceptors (Lipinski definition) is 3. The van der Waals surface area contributed by atoms with Crippen LogP contribution >= 0.6 is 11.6 Å². The van der Waals surface area contributed by atoms with E-state index in [0.29, 0.717) is 23.0 Å². The summed E-state index contributed by atoms with van der Waals surface area (Å²) in [6, 6.07) is 3.47. The summed E-state index contributed by atoms with van der Waals surface area (Å²) in [6.07, 6.45) is 1.59. The van der Waals surface area contributed by atoms with Crippen LogP contribution < -0.4 is 0 Å². The number of nitrogens with one attached hydrogen (secondary N) is 1. The zero-order valence-electron chi connectivity index (χ0n) is 8.43. The molecule has 86 valence electrons. The number of nitrogens with zero attached hydrogens (tertiary/aromatic N) is 1. The number of esters is 1. The van der Waals surface area contributed by atoms with Gasteiger partial charge in [0.2, 0.25) is 0 Å². The van der Waals surface area contributed by atoms with Crippen molar-refractivity contribution < 1.29 is 26.6 Å². The predicted molar refractivity (Wildman–Crippen MR) is 57.1 cm³/mol. The first kappa shape index (κ1) is 13.0. The van der Waals surface area contributed by atoms with Crippen molar-refractivity contribution in [3.05, 3.63) is 29.2 Å². The first-order valence-electron chi connectivity index (χ1n) is 4.52. The molecule has 2 rings (SSSR count). The van der Waals surface area contributed by atoms with E-state index in [4.69, 9.17) is 16.3 Å². The molecule has 0 fully saturated rings. The molecular formula is C10H9ClFeN2O2. The molecular weight excluding hydrogens is 271 g/mol. The number of rotatable bonds is 2. The molecule has 0 spiro atoms. The first-order chi connectivity index (χ1) is 7.22. The van der Waals surface area contributed by atoms with Crippen molar-refractivity contribution in [3.63, 3.8) is 0 Å². The quantitative estimate of drug-likeness (QED) is 0.522. The largest absolute Gasteiger partial charge is 0.461 e. The van der Waals surface area contributed by atoms with Gasteiger partial charge in [-0.3, -0.25) is 0 Å². The molecule has 0 unspecified atom stereocenters. The molecule has 0 aliphatic rings. The molecule has 6 heteroatoms. The fourth-order valence-corrected chi connectivity index (χ4v) is 1.55. The Bertz CT molecular complexity index is 512. The van der Waals surface area contributed by atoms with E-state index >= 15 is 0 Å². The van der Waals surface area contributed by atoms with Gasteiger partial charge < -0.3 is 9.72 Å². The van der Waals surface area contributed by atoms with Gasteiger partial charge in [-0.25, -0.2) is 9.78 Å². The number of fused-ring (bicyclic) bond motifs is 1. The van der Waals surface area contributed by atoms with Crippen LogP contribution in [0.4, 0.5) is 0 Å².